The number of halogens is 9. The van der Waals surface area contributed by atoms with Gasteiger partial charge in [0.15, 0.2) is 0 Å². The summed E-state index contributed by atoms with van der Waals surface area (Å²) in [7, 11) is 0. The summed E-state index contributed by atoms with van der Waals surface area (Å²) < 4.78 is 114. The van der Waals surface area contributed by atoms with E-state index in [1.165, 1.54) is 0 Å². The van der Waals surface area contributed by atoms with Gasteiger partial charge in [0, 0.05) is 12.8 Å². The Balaban J connectivity index is 3.93. The molecule has 29 heavy (non-hydrogen) atoms. The Morgan fingerprint density at radius 3 is 1.55 bits per heavy atom. The molecule has 0 aromatic rings. The van der Waals surface area contributed by atoms with Crippen molar-refractivity contribution in [3.8, 4) is 0 Å². The van der Waals surface area contributed by atoms with Gasteiger partial charge >= 0.3 is 29.9 Å². The molecule has 0 radical (unpaired) electrons. The Kier molecular flexibility index (Phi) is 11.8. The van der Waals surface area contributed by atoms with Crippen molar-refractivity contribution in [2.24, 2.45) is 0 Å². The second-order valence-corrected chi connectivity index (χ2v) is 7.91. The molecule has 174 valence electrons. The molecule has 0 amide bonds. The van der Waals surface area contributed by atoms with Gasteiger partial charge in [0.25, 0.3) is 0 Å². The van der Waals surface area contributed by atoms with Gasteiger partial charge in [-0.3, -0.25) is 4.79 Å². The van der Waals surface area contributed by atoms with E-state index in [9.17, 15) is 44.3 Å². The third kappa shape index (κ3) is 9.25. The minimum atomic E-state index is -6.82. The van der Waals surface area contributed by atoms with Crippen LogP contribution in [0.2, 0.25) is 0 Å². The predicted octanol–water partition coefficient (Wildman–Crippen LogP) is 7.17. The summed E-state index contributed by atoms with van der Waals surface area (Å²) in [6.07, 6.45) is -2.13. The van der Waals surface area contributed by atoms with E-state index >= 15 is 0 Å². The van der Waals surface area contributed by atoms with Crippen LogP contribution in [0.15, 0.2) is 0 Å². The Labute approximate surface area is 167 Å². The summed E-state index contributed by atoms with van der Waals surface area (Å²) in [6, 6.07) is 0. The minimum Gasteiger partial charge on any atom is -0.481 e. The summed E-state index contributed by atoms with van der Waals surface area (Å²) in [5.41, 5.74) is 0. The molecule has 0 fully saturated rings. The second kappa shape index (κ2) is 12.1. The molecule has 0 atom stereocenters. The fourth-order valence-corrected chi connectivity index (χ4v) is 3.42. The first-order chi connectivity index (χ1) is 13.2. The largest absolute Gasteiger partial charge is 0.481 e. The summed E-state index contributed by atoms with van der Waals surface area (Å²) in [5.74, 6) is -20.0. The topological polar surface area (TPSA) is 37.3 Å². The first-order valence-electron chi connectivity index (χ1n) is 9.16. The zero-order chi connectivity index (χ0) is 22.8. The maximum Gasteiger partial charge on any atom is 0.460 e. The van der Waals surface area contributed by atoms with Gasteiger partial charge in [0.2, 0.25) is 0 Å². The number of thioether (sulfide) groups is 1. The Morgan fingerprint density at radius 2 is 1.10 bits per heavy atom. The van der Waals surface area contributed by atoms with E-state index in [2.05, 4.69) is 0 Å². The lowest BCUT2D eigenvalue weighted by molar-refractivity contribution is -0.396. The molecule has 0 aliphatic carbocycles. The number of hydrogen-bond acceptors (Lipinski definition) is 2. The maximum absolute atomic E-state index is 13.3. The van der Waals surface area contributed by atoms with Crippen LogP contribution in [-0.2, 0) is 4.79 Å². The lowest BCUT2D eigenvalue weighted by atomic mass is 10.0. The molecule has 0 aliphatic rings. The number of aliphatic carboxylic acids is 1. The van der Waals surface area contributed by atoms with E-state index in [1.54, 1.807) is 0 Å². The van der Waals surface area contributed by atoms with E-state index in [1.807, 2.05) is 0 Å². The smallest absolute Gasteiger partial charge is 0.460 e. The van der Waals surface area contributed by atoms with Crippen molar-refractivity contribution < 1.29 is 49.4 Å². The molecular formula is C17H25F9O2S. The fourth-order valence-electron chi connectivity index (χ4n) is 2.41. The van der Waals surface area contributed by atoms with Crippen LogP contribution in [0.1, 0.15) is 64.2 Å². The van der Waals surface area contributed by atoms with E-state index in [4.69, 9.17) is 5.11 Å². The van der Waals surface area contributed by atoms with Gasteiger partial charge in [-0.15, -0.1) is 0 Å². The van der Waals surface area contributed by atoms with E-state index in [-0.39, 0.29) is 6.42 Å². The van der Waals surface area contributed by atoms with Gasteiger partial charge in [0.1, 0.15) is 0 Å². The molecule has 2 nitrogen and oxygen atoms in total. The van der Waals surface area contributed by atoms with Crippen LogP contribution in [0, 0.1) is 0 Å². The lowest BCUT2D eigenvalue weighted by Gasteiger charge is -2.33. The molecule has 0 saturated heterocycles. The van der Waals surface area contributed by atoms with Crippen LogP contribution < -0.4 is 0 Å². The van der Waals surface area contributed by atoms with Crippen molar-refractivity contribution in [2.75, 3.05) is 11.5 Å². The lowest BCUT2D eigenvalue weighted by Crippen LogP contribution is -2.60. The number of unbranched alkanes of at least 4 members (excludes halogenated alkanes) is 7. The van der Waals surface area contributed by atoms with E-state index < -0.39 is 42.1 Å². The van der Waals surface area contributed by atoms with Crippen LogP contribution in [0.3, 0.4) is 0 Å². The summed E-state index contributed by atoms with van der Waals surface area (Å²) in [5, 5.41) is 8.47. The predicted molar refractivity (Wildman–Crippen MR) is 92.0 cm³/mol. The summed E-state index contributed by atoms with van der Waals surface area (Å²) >= 11 is 0.797. The maximum atomic E-state index is 13.3. The third-order valence-electron chi connectivity index (χ3n) is 4.20. The van der Waals surface area contributed by atoms with Crippen LogP contribution in [0.5, 0.6) is 0 Å². The number of alkyl halides is 9. The third-order valence-corrected chi connectivity index (χ3v) is 5.27. The molecule has 1 N–H and O–H groups in total. The zero-order valence-corrected chi connectivity index (χ0v) is 16.5. The minimum absolute atomic E-state index is 0.135. The molecule has 0 rings (SSSR count). The molecule has 0 aliphatic heterocycles. The molecule has 12 heteroatoms. The molecular weight excluding hydrogens is 439 g/mol. The molecule has 0 saturated carbocycles. The molecule has 0 spiro atoms. The summed E-state index contributed by atoms with van der Waals surface area (Å²) in [4.78, 5) is 10.3. The SMILES string of the molecule is O=C(O)CCCCCCCCCCSCCC(F)(F)C(F)(F)C(F)(F)C(F)(F)F. The van der Waals surface area contributed by atoms with Crippen LogP contribution in [-0.4, -0.2) is 46.5 Å². The summed E-state index contributed by atoms with van der Waals surface area (Å²) in [6.45, 7) is 0. The monoisotopic (exact) mass is 464 g/mol. The quantitative estimate of drug-likeness (QED) is 0.194. The van der Waals surface area contributed by atoms with Crippen molar-refractivity contribution in [3.05, 3.63) is 0 Å². The van der Waals surface area contributed by atoms with Gasteiger partial charge in [0.05, 0.1) is 0 Å². The number of carboxylic acids is 1. The standard InChI is InChI=1S/C17H25F9O2S/c18-14(19,15(20,21)16(22,23)17(24,25)26)10-12-29-11-8-6-4-2-1-3-5-7-9-13(27)28/h1-12H2,(H,27,28). The van der Waals surface area contributed by atoms with E-state index in [0.717, 1.165) is 50.3 Å². The van der Waals surface area contributed by atoms with Gasteiger partial charge < -0.3 is 5.11 Å². The first kappa shape index (κ1) is 28.2. The number of carboxylic acid groups (broad SMARTS) is 1. The van der Waals surface area contributed by atoms with Crippen molar-refractivity contribution in [1.29, 1.82) is 0 Å². The fraction of sp³-hybridized carbons (Fsp3) is 0.941. The van der Waals surface area contributed by atoms with Gasteiger partial charge in [-0.25, -0.2) is 0 Å². The highest BCUT2D eigenvalue weighted by molar-refractivity contribution is 7.99. The number of hydrogen-bond donors (Lipinski definition) is 1. The van der Waals surface area contributed by atoms with Crippen molar-refractivity contribution in [1.82, 2.24) is 0 Å². The highest BCUT2D eigenvalue weighted by atomic mass is 32.2. The van der Waals surface area contributed by atoms with E-state index in [0.29, 0.717) is 18.6 Å². The average Bonchev–Trinajstić information content (AvgIpc) is 2.57. The van der Waals surface area contributed by atoms with Crippen molar-refractivity contribution >= 4 is 17.7 Å². The van der Waals surface area contributed by atoms with Gasteiger partial charge in [-0.05, 0) is 24.3 Å². The van der Waals surface area contributed by atoms with Crippen LogP contribution in [0.4, 0.5) is 39.5 Å². The number of rotatable bonds is 16. The Hall–Kier alpha value is -0.810. The van der Waals surface area contributed by atoms with Crippen molar-refractivity contribution in [3.63, 3.8) is 0 Å². The molecule has 0 aromatic carbocycles. The normalized spacial score (nSPS) is 13.7. The first-order valence-corrected chi connectivity index (χ1v) is 10.3. The van der Waals surface area contributed by atoms with Crippen LogP contribution >= 0.6 is 11.8 Å². The highest BCUT2D eigenvalue weighted by Crippen LogP contribution is 2.54. The van der Waals surface area contributed by atoms with Gasteiger partial charge in [-0.2, -0.15) is 51.3 Å². The average molecular weight is 464 g/mol. The molecule has 0 heterocycles. The molecule has 0 bridgehead atoms. The Bertz CT molecular complexity index is 482. The van der Waals surface area contributed by atoms with Crippen LogP contribution in [0.25, 0.3) is 0 Å². The molecule has 0 unspecified atom stereocenters. The van der Waals surface area contributed by atoms with Crippen molar-refractivity contribution in [2.45, 2.75) is 88.2 Å². The Morgan fingerprint density at radius 1 is 0.655 bits per heavy atom. The molecule has 0 aromatic heterocycles. The second-order valence-electron chi connectivity index (χ2n) is 6.69. The number of carbonyl (C=O) groups is 1. The highest BCUT2D eigenvalue weighted by Gasteiger charge is 2.81. The van der Waals surface area contributed by atoms with Gasteiger partial charge in [-0.1, -0.05) is 38.5 Å². The zero-order valence-electron chi connectivity index (χ0n) is 15.7.